The van der Waals surface area contributed by atoms with E-state index in [4.69, 9.17) is 11.6 Å². The lowest BCUT2D eigenvalue weighted by atomic mass is 9.88. The molecule has 0 radical (unpaired) electrons. The summed E-state index contributed by atoms with van der Waals surface area (Å²) >= 11 is 6.08. The van der Waals surface area contributed by atoms with Crippen molar-refractivity contribution >= 4 is 23.0 Å². The lowest BCUT2D eigenvalue weighted by molar-refractivity contribution is -0.115. The van der Waals surface area contributed by atoms with Gasteiger partial charge < -0.3 is 5.11 Å². The predicted octanol–water partition coefficient (Wildman–Crippen LogP) is 2.96. The number of halogens is 1. The molecule has 0 spiro atoms. The molecule has 16 heavy (non-hydrogen) atoms. The summed E-state index contributed by atoms with van der Waals surface area (Å²) < 4.78 is 0. The third-order valence-electron chi connectivity index (χ3n) is 3.48. The molecular weight excluding hydrogens is 224 g/mol. The monoisotopic (exact) mass is 234 g/mol. The summed E-state index contributed by atoms with van der Waals surface area (Å²) in [6.45, 7) is 0. The van der Waals surface area contributed by atoms with E-state index >= 15 is 0 Å². The van der Waals surface area contributed by atoms with Gasteiger partial charge in [0.1, 0.15) is 5.75 Å². The Morgan fingerprint density at radius 1 is 1.38 bits per heavy atom. The van der Waals surface area contributed by atoms with Crippen LogP contribution in [0.3, 0.4) is 0 Å². The molecule has 0 saturated carbocycles. The average molecular weight is 235 g/mol. The Kier molecular flexibility index (Phi) is 2.08. The minimum absolute atomic E-state index is 0.131. The van der Waals surface area contributed by atoms with Crippen LogP contribution in [0.2, 0.25) is 5.02 Å². The molecule has 3 heteroatoms. The van der Waals surface area contributed by atoms with Crippen LogP contribution in [0.1, 0.15) is 24.0 Å². The number of carbonyl (C=O) groups is 1. The molecule has 0 saturated heterocycles. The van der Waals surface area contributed by atoms with Crippen LogP contribution in [0.4, 0.5) is 0 Å². The molecule has 0 fully saturated rings. The van der Waals surface area contributed by atoms with Crippen molar-refractivity contribution in [3.8, 4) is 5.75 Å². The number of phenols is 1. The van der Waals surface area contributed by atoms with E-state index in [0.29, 0.717) is 17.4 Å². The van der Waals surface area contributed by atoms with Crippen LogP contribution in [0, 0.1) is 5.92 Å². The quantitative estimate of drug-likeness (QED) is 0.749. The van der Waals surface area contributed by atoms with Gasteiger partial charge >= 0.3 is 0 Å². The molecule has 1 atom stereocenters. The van der Waals surface area contributed by atoms with Crippen molar-refractivity contribution in [2.75, 3.05) is 0 Å². The normalized spacial score (nSPS) is 22.7. The van der Waals surface area contributed by atoms with Crippen molar-refractivity contribution in [2.45, 2.75) is 19.3 Å². The molecule has 2 aliphatic carbocycles. The number of benzene rings is 1. The van der Waals surface area contributed by atoms with E-state index in [0.717, 1.165) is 29.5 Å². The summed E-state index contributed by atoms with van der Waals surface area (Å²) in [4.78, 5) is 11.4. The molecule has 2 aliphatic rings. The highest BCUT2D eigenvalue weighted by Gasteiger charge is 2.32. The van der Waals surface area contributed by atoms with E-state index in [1.54, 1.807) is 12.1 Å². The molecule has 1 aromatic carbocycles. The Labute approximate surface area is 98.5 Å². The first-order valence-electron chi connectivity index (χ1n) is 5.42. The number of carbonyl (C=O) groups excluding carboxylic acids is 1. The Balaban J connectivity index is 2.19. The van der Waals surface area contributed by atoms with Gasteiger partial charge in [0.15, 0.2) is 5.78 Å². The van der Waals surface area contributed by atoms with Crippen LogP contribution >= 0.6 is 11.6 Å². The highest BCUT2D eigenvalue weighted by molar-refractivity contribution is 6.33. The van der Waals surface area contributed by atoms with E-state index in [1.807, 2.05) is 6.07 Å². The van der Waals surface area contributed by atoms with Gasteiger partial charge in [0.25, 0.3) is 0 Å². The number of hydrogen-bond acceptors (Lipinski definition) is 2. The maximum Gasteiger partial charge on any atom is 0.156 e. The van der Waals surface area contributed by atoms with Crippen molar-refractivity contribution < 1.29 is 9.90 Å². The number of fused-ring (bicyclic) bond motifs is 3. The standard InChI is InChI=1S/C13H11ClO2/c14-13-11-5-7-1-2-8(15)6-10(7)9(11)3-4-12(13)16/h3-4,6-7,16H,1-2,5H2. The van der Waals surface area contributed by atoms with E-state index in [-0.39, 0.29) is 11.5 Å². The Bertz CT molecular complexity index is 517. The molecule has 0 aliphatic heterocycles. The first-order valence-corrected chi connectivity index (χ1v) is 5.79. The van der Waals surface area contributed by atoms with Crippen molar-refractivity contribution in [3.05, 3.63) is 34.4 Å². The highest BCUT2D eigenvalue weighted by atomic mass is 35.5. The van der Waals surface area contributed by atoms with Crippen molar-refractivity contribution in [3.63, 3.8) is 0 Å². The van der Waals surface area contributed by atoms with E-state index < -0.39 is 0 Å². The SMILES string of the molecule is O=C1C=C2c3ccc(O)c(Cl)c3CC2CC1. The van der Waals surface area contributed by atoms with Crippen molar-refractivity contribution in [1.29, 1.82) is 0 Å². The number of rotatable bonds is 0. The van der Waals surface area contributed by atoms with Crippen LogP contribution in [-0.4, -0.2) is 10.9 Å². The maximum absolute atomic E-state index is 11.4. The van der Waals surface area contributed by atoms with Gasteiger partial charge in [-0.15, -0.1) is 0 Å². The second kappa shape index (κ2) is 3.36. The summed E-state index contributed by atoms with van der Waals surface area (Å²) in [6.07, 6.45) is 4.12. The second-order valence-electron chi connectivity index (χ2n) is 4.43. The lowest BCUT2D eigenvalue weighted by Gasteiger charge is -2.15. The fourth-order valence-electron chi connectivity index (χ4n) is 2.67. The third-order valence-corrected chi connectivity index (χ3v) is 3.90. The molecule has 2 nitrogen and oxygen atoms in total. The van der Waals surface area contributed by atoms with Crippen LogP contribution in [0.15, 0.2) is 18.2 Å². The molecule has 82 valence electrons. The molecule has 0 aromatic heterocycles. The van der Waals surface area contributed by atoms with E-state index in [2.05, 4.69) is 0 Å². The molecular formula is C13H11ClO2. The van der Waals surface area contributed by atoms with Crippen LogP contribution in [0.25, 0.3) is 5.57 Å². The molecule has 1 aromatic rings. The largest absolute Gasteiger partial charge is 0.506 e. The molecule has 0 amide bonds. The number of aromatic hydroxyl groups is 1. The topological polar surface area (TPSA) is 37.3 Å². The number of ketones is 1. The molecule has 1 N–H and O–H groups in total. The summed E-state index contributed by atoms with van der Waals surface area (Å²) in [6, 6.07) is 3.46. The van der Waals surface area contributed by atoms with Gasteiger partial charge in [-0.05, 0) is 47.6 Å². The van der Waals surface area contributed by atoms with Crippen molar-refractivity contribution in [1.82, 2.24) is 0 Å². The van der Waals surface area contributed by atoms with Crippen molar-refractivity contribution in [2.24, 2.45) is 5.92 Å². The van der Waals surface area contributed by atoms with Gasteiger partial charge in [-0.1, -0.05) is 17.7 Å². The smallest absolute Gasteiger partial charge is 0.156 e. The summed E-state index contributed by atoms with van der Waals surface area (Å²) in [7, 11) is 0. The van der Waals surface area contributed by atoms with E-state index in [1.165, 1.54) is 0 Å². The summed E-state index contributed by atoms with van der Waals surface area (Å²) in [5.74, 6) is 0.737. The highest BCUT2D eigenvalue weighted by Crippen LogP contribution is 2.46. The predicted molar refractivity (Wildman–Crippen MR) is 62.5 cm³/mol. The lowest BCUT2D eigenvalue weighted by Crippen LogP contribution is -2.09. The zero-order valence-electron chi connectivity index (χ0n) is 8.66. The minimum atomic E-state index is 0.131. The van der Waals surface area contributed by atoms with Gasteiger partial charge in [0.2, 0.25) is 0 Å². The van der Waals surface area contributed by atoms with Gasteiger partial charge in [-0.25, -0.2) is 0 Å². The first kappa shape index (κ1) is 9.91. The van der Waals surface area contributed by atoms with Gasteiger partial charge in [0, 0.05) is 6.42 Å². The van der Waals surface area contributed by atoms with Crippen LogP contribution < -0.4 is 0 Å². The van der Waals surface area contributed by atoms with Gasteiger partial charge in [0.05, 0.1) is 5.02 Å². The maximum atomic E-state index is 11.4. The minimum Gasteiger partial charge on any atom is -0.506 e. The zero-order chi connectivity index (χ0) is 11.3. The Hall–Kier alpha value is -1.28. The molecule has 0 bridgehead atoms. The van der Waals surface area contributed by atoms with E-state index in [9.17, 15) is 9.90 Å². The molecule has 1 unspecified atom stereocenters. The fourth-order valence-corrected chi connectivity index (χ4v) is 2.91. The average Bonchev–Trinajstić information content (AvgIpc) is 2.62. The van der Waals surface area contributed by atoms with Gasteiger partial charge in [-0.3, -0.25) is 4.79 Å². The third kappa shape index (κ3) is 1.30. The Morgan fingerprint density at radius 3 is 3.00 bits per heavy atom. The molecule has 0 heterocycles. The summed E-state index contributed by atoms with van der Waals surface area (Å²) in [5, 5.41) is 10.00. The number of phenolic OH excluding ortho intramolecular Hbond substituents is 1. The Morgan fingerprint density at radius 2 is 2.19 bits per heavy atom. The number of hydrogen-bond donors (Lipinski definition) is 1. The number of allylic oxidation sites excluding steroid dienone is 2. The fraction of sp³-hybridized carbons (Fsp3) is 0.308. The van der Waals surface area contributed by atoms with Crippen LogP contribution in [0.5, 0.6) is 5.75 Å². The molecule has 3 rings (SSSR count). The van der Waals surface area contributed by atoms with Crippen LogP contribution in [-0.2, 0) is 11.2 Å². The second-order valence-corrected chi connectivity index (χ2v) is 4.81. The van der Waals surface area contributed by atoms with Gasteiger partial charge in [-0.2, -0.15) is 0 Å². The summed E-state index contributed by atoms with van der Waals surface area (Å²) in [5.41, 5.74) is 3.14. The first-order chi connectivity index (χ1) is 7.66. The zero-order valence-corrected chi connectivity index (χ0v) is 9.42.